The lowest BCUT2D eigenvalue weighted by molar-refractivity contribution is -0.143. The number of rotatable bonds is 4. The molecule has 6 heteroatoms. The molecule has 0 unspecified atom stereocenters. The third-order valence-electron chi connectivity index (χ3n) is 3.70. The van der Waals surface area contributed by atoms with E-state index in [0.29, 0.717) is 36.4 Å². The van der Waals surface area contributed by atoms with Crippen molar-refractivity contribution in [3.63, 3.8) is 0 Å². The van der Waals surface area contributed by atoms with E-state index in [9.17, 15) is 9.59 Å². The molecule has 0 radical (unpaired) electrons. The molecular weight excluding hydrogens is 274 g/mol. The number of hydrogen-bond donors (Lipinski definition) is 1. The second-order valence-electron chi connectivity index (χ2n) is 4.97. The first-order valence-electron chi connectivity index (χ1n) is 6.81. The molecule has 1 aromatic rings. The van der Waals surface area contributed by atoms with Crippen LogP contribution < -0.4 is 9.47 Å². The maximum absolute atomic E-state index is 12.7. The van der Waals surface area contributed by atoms with E-state index in [4.69, 9.17) is 14.6 Å². The summed E-state index contributed by atoms with van der Waals surface area (Å²) in [6.07, 6.45) is 1.28. The number of aliphatic carboxylic acids is 1. The molecule has 0 aliphatic carbocycles. The highest BCUT2D eigenvalue weighted by molar-refractivity contribution is 6.00. The minimum atomic E-state index is -0.862. The molecule has 1 aliphatic rings. The lowest BCUT2D eigenvalue weighted by Crippen LogP contribution is -2.42. The molecule has 114 valence electrons. The van der Waals surface area contributed by atoms with Crippen LogP contribution in [0.3, 0.4) is 0 Å². The van der Waals surface area contributed by atoms with Crippen molar-refractivity contribution in [2.24, 2.45) is 5.92 Å². The average molecular weight is 293 g/mol. The van der Waals surface area contributed by atoms with E-state index in [0.717, 1.165) is 0 Å². The van der Waals surface area contributed by atoms with Gasteiger partial charge in [0, 0.05) is 13.1 Å². The number of carboxylic acid groups (broad SMARTS) is 1. The Morgan fingerprint density at radius 2 is 1.86 bits per heavy atom. The molecular formula is C15H19NO5. The van der Waals surface area contributed by atoms with Gasteiger partial charge in [0.05, 0.1) is 20.1 Å². The first-order valence-corrected chi connectivity index (χ1v) is 6.81. The monoisotopic (exact) mass is 293 g/mol. The zero-order valence-corrected chi connectivity index (χ0v) is 12.2. The van der Waals surface area contributed by atoms with Crippen molar-refractivity contribution >= 4 is 11.9 Å². The molecule has 0 spiro atoms. The van der Waals surface area contributed by atoms with Gasteiger partial charge in [0.2, 0.25) is 0 Å². The van der Waals surface area contributed by atoms with E-state index < -0.39 is 11.9 Å². The number of hydrogen-bond acceptors (Lipinski definition) is 4. The fourth-order valence-electron chi connectivity index (χ4n) is 2.58. The summed E-state index contributed by atoms with van der Waals surface area (Å²) >= 11 is 0. The van der Waals surface area contributed by atoms with Crippen LogP contribution >= 0.6 is 0 Å². The Balaban J connectivity index is 2.29. The molecule has 21 heavy (non-hydrogen) atoms. The first kappa shape index (κ1) is 15.2. The third kappa shape index (κ3) is 3.09. The zero-order chi connectivity index (χ0) is 15.4. The Kier molecular flexibility index (Phi) is 4.67. The maximum Gasteiger partial charge on any atom is 0.308 e. The molecule has 1 N–H and O–H groups in total. The molecule has 0 aromatic heterocycles. The lowest BCUT2D eigenvalue weighted by Gasteiger charge is -2.31. The predicted molar refractivity (Wildman–Crippen MR) is 75.8 cm³/mol. The highest BCUT2D eigenvalue weighted by Gasteiger charge is 2.31. The van der Waals surface area contributed by atoms with Gasteiger partial charge in [-0.2, -0.15) is 0 Å². The van der Waals surface area contributed by atoms with E-state index >= 15 is 0 Å². The lowest BCUT2D eigenvalue weighted by atomic mass is 9.97. The quantitative estimate of drug-likeness (QED) is 0.913. The predicted octanol–water partition coefficient (Wildman–Crippen LogP) is 1.64. The molecule has 1 fully saturated rings. The minimum absolute atomic E-state index is 0.218. The van der Waals surface area contributed by atoms with Gasteiger partial charge in [-0.05, 0) is 25.0 Å². The number of carboxylic acids is 1. The summed E-state index contributed by atoms with van der Waals surface area (Å²) in [5.41, 5.74) is 0.341. The second-order valence-corrected chi connectivity index (χ2v) is 4.97. The normalized spacial score (nSPS) is 18.2. The van der Waals surface area contributed by atoms with Gasteiger partial charge < -0.3 is 19.5 Å². The SMILES string of the molecule is COc1cccc(OC)c1C(=O)N1CCC[C@@H](C(=O)O)C1. The molecule has 2 rings (SSSR count). The number of methoxy groups -OCH3 is 2. The number of carbonyl (C=O) groups is 2. The summed E-state index contributed by atoms with van der Waals surface area (Å²) in [6, 6.07) is 5.12. The summed E-state index contributed by atoms with van der Waals surface area (Å²) in [7, 11) is 2.98. The van der Waals surface area contributed by atoms with Crippen molar-refractivity contribution in [1.29, 1.82) is 0 Å². The zero-order valence-electron chi connectivity index (χ0n) is 12.2. The van der Waals surface area contributed by atoms with Crippen LogP contribution in [-0.4, -0.2) is 49.2 Å². The van der Waals surface area contributed by atoms with Crippen LogP contribution in [0.15, 0.2) is 18.2 Å². The van der Waals surface area contributed by atoms with Gasteiger partial charge in [0.25, 0.3) is 5.91 Å². The smallest absolute Gasteiger partial charge is 0.308 e. The summed E-state index contributed by atoms with van der Waals surface area (Å²) < 4.78 is 10.5. The topological polar surface area (TPSA) is 76.1 Å². The highest BCUT2D eigenvalue weighted by Crippen LogP contribution is 2.31. The Bertz CT molecular complexity index is 521. The van der Waals surface area contributed by atoms with E-state index in [-0.39, 0.29) is 12.5 Å². The van der Waals surface area contributed by atoms with Crippen LogP contribution in [0, 0.1) is 5.92 Å². The number of carbonyl (C=O) groups excluding carboxylic acids is 1. The van der Waals surface area contributed by atoms with E-state index in [1.54, 1.807) is 23.1 Å². The number of amides is 1. The number of nitrogens with zero attached hydrogens (tertiary/aromatic N) is 1. The van der Waals surface area contributed by atoms with Gasteiger partial charge in [0.1, 0.15) is 17.1 Å². The number of piperidine rings is 1. The summed E-state index contributed by atoms with van der Waals surface area (Å²) in [5, 5.41) is 9.12. The van der Waals surface area contributed by atoms with Gasteiger partial charge in [-0.1, -0.05) is 6.07 Å². The van der Waals surface area contributed by atoms with Gasteiger partial charge in [-0.25, -0.2) is 0 Å². The molecule has 0 saturated carbocycles. The summed E-state index contributed by atoms with van der Waals surface area (Å²) in [4.78, 5) is 25.4. The Morgan fingerprint density at radius 1 is 1.24 bits per heavy atom. The minimum Gasteiger partial charge on any atom is -0.496 e. The van der Waals surface area contributed by atoms with E-state index in [1.165, 1.54) is 14.2 Å². The number of likely N-dealkylation sites (tertiary alicyclic amines) is 1. The standard InChI is InChI=1S/C15H19NO5/c1-20-11-6-3-7-12(21-2)13(11)14(17)16-8-4-5-10(9-16)15(18)19/h3,6-7,10H,4-5,8-9H2,1-2H3,(H,18,19)/t10-/m1/s1. The fourth-order valence-corrected chi connectivity index (χ4v) is 2.58. The van der Waals surface area contributed by atoms with E-state index in [2.05, 4.69) is 0 Å². The number of ether oxygens (including phenoxy) is 2. The molecule has 1 aliphatic heterocycles. The first-order chi connectivity index (χ1) is 10.1. The van der Waals surface area contributed by atoms with Gasteiger partial charge in [-0.15, -0.1) is 0 Å². The highest BCUT2D eigenvalue weighted by atomic mass is 16.5. The maximum atomic E-state index is 12.7. The Morgan fingerprint density at radius 3 is 2.38 bits per heavy atom. The van der Waals surface area contributed by atoms with Crippen LogP contribution in [0.4, 0.5) is 0 Å². The average Bonchev–Trinajstić information content (AvgIpc) is 2.53. The molecule has 0 bridgehead atoms. The van der Waals surface area contributed by atoms with Crippen molar-refractivity contribution < 1.29 is 24.2 Å². The molecule has 1 heterocycles. The molecule has 1 saturated heterocycles. The largest absolute Gasteiger partial charge is 0.496 e. The molecule has 6 nitrogen and oxygen atoms in total. The summed E-state index contributed by atoms with van der Waals surface area (Å²) in [5.74, 6) is -0.772. The van der Waals surface area contributed by atoms with Crippen LogP contribution in [0.5, 0.6) is 11.5 Å². The molecule has 1 amide bonds. The third-order valence-corrected chi connectivity index (χ3v) is 3.70. The van der Waals surface area contributed by atoms with Crippen molar-refractivity contribution in [3.8, 4) is 11.5 Å². The van der Waals surface area contributed by atoms with E-state index in [1.807, 2.05) is 0 Å². The van der Waals surface area contributed by atoms with Crippen molar-refractivity contribution in [1.82, 2.24) is 4.90 Å². The fraction of sp³-hybridized carbons (Fsp3) is 0.467. The molecule has 1 atom stereocenters. The van der Waals surface area contributed by atoms with Gasteiger partial charge in [0.15, 0.2) is 0 Å². The van der Waals surface area contributed by atoms with Gasteiger partial charge in [-0.3, -0.25) is 9.59 Å². The molecule has 1 aromatic carbocycles. The van der Waals surface area contributed by atoms with Crippen molar-refractivity contribution in [2.75, 3.05) is 27.3 Å². The van der Waals surface area contributed by atoms with Crippen molar-refractivity contribution in [3.05, 3.63) is 23.8 Å². The number of benzene rings is 1. The van der Waals surface area contributed by atoms with Crippen LogP contribution in [-0.2, 0) is 4.79 Å². The Labute approximate surface area is 123 Å². The van der Waals surface area contributed by atoms with Crippen LogP contribution in [0.25, 0.3) is 0 Å². The Hall–Kier alpha value is -2.24. The van der Waals surface area contributed by atoms with Crippen molar-refractivity contribution in [2.45, 2.75) is 12.8 Å². The van der Waals surface area contributed by atoms with Crippen LogP contribution in [0.1, 0.15) is 23.2 Å². The second kappa shape index (κ2) is 6.47. The van der Waals surface area contributed by atoms with Crippen LogP contribution in [0.2, 0.25) is 0 Å². The van der Waals surface area contributed by atoms with Gasteiger partial charge >= 0.3 is 5.97 Å². The summed E-state index contributed by atoms with van der Waals surface area (Å²) in [6.45, 7) is 0.763.